The van der Waals surface area contributed by atoms with Gasteiger partial charge in [0.15, 0.2) is 0 Å². The first-order chi connectivity index (χ1) is 7.70. The van der Waals surface area contributed by atoms with E-state index in [0.717, 1.165) is 43.5 Å². The van der Waals surface area contributed by atoms with Gasteiger partial charge in [0.2, 0.25) is 5.89 Å². The Kier molecular flexibility index (Phi) is 3.61. The summed E-state index contributed by atoms with van der Waals surface area (Å²) in [5, 5.41) is 3.40. The van der Waals surface area contributed by atoms with Gasteiger partial charge in [-0.15, -0.1) is 0 Å². The van der Waals surface area contributed by atoms with Crippen molar-refractivity contribution < 1.29 is 4.42 Å². The van der Waals surface area contributed by atoms with Crippen LogP contribution in [-0.4, -0.2) is 35.6 Å². The quantitative estimate of drug-likeness (QED) is 0.839. The minimum atomic E-state index is 0.637. The number of nitrogens with zero attached hydrogens (tertiary/aromatic N) is 2. The summed E-state index contributed by atoms with van der Waals surface area (Å²) in [5.74, 6) is 1.79. The Morgan fingerprint density at radius 1 is 1.50 bits per heavy atom. The summed E-state index contributed by atoms with van der Waals surface area (Å²) in [5.41, 5.74) is 1.01. The third-order valence-corrected chi connectivity index (χ3v) is 3.37. The molecule has 1 unspecified atom stereocenters. The van der Waals surface area contributed by atoms with E-state index in [1.165, 1.54) is 6.42 Å². The molecule has 1 aromatic rings. The van der Waals surface area contributed by atoms with E-state index in [1.54, 1.807) is 0 Å². The van der Waals surface area contributed by atoms with Gasteiger partial charge in [0.25, 0.3) is 0 Å². The lowest BCUT2D eigenvalue weighted by molar-refractivity contribution is 0.190. The molecule has 16 heavy (non-hydrogen) atoms. The molecule has 1 N–H and O–H groups in total. The Morgan fingerprint density at radius 2 is 2.31 bits per heavy atom. The first kappa shape index (κ1) is 11.6. The highest BCUT2D eigenvalue weighted by Gasteiger charge is 2.22. The Bertz CT molecular complexity index is 323. The van der Waals surface area contributed by atoms with Crippen LogP contribution in [0.2, 0.25) is 0 Å². The van der Waals surface area contributed by atoms with E-state index in [4.69, 9.17) is 4.42 Å². The van der Waals surface area contributed by atoms with E-state index in [0.29, 0.717) is 6.04 Å². The Balaban J connectivity index is 2.00. The van der Waals surface area contributed by atoms with Gasteiger partial charge in [0.05, 0.1) is 12.2 Å². The summed E-state index contributed by atoms with van der Waals surface area (Å²) in [4.78, 5) is 6.88. The second-order valence-electron chi connectivity index (χ2n) is 4.46. The number of rotatable bonds is 4. The summed E-state index contributed by atoms with van der Waals surface area (Å²) >= 11 is 0. The molecule has 4 heteroatoms. The van der Waals surface area contributed by atoms with Gasteiger partial charge in [-0.3, -0.25) is 4.90 Å². The first-order valence-corrected chi connectivity index (χ1v) is 6.08. The molecule has 0 saturated carbocycles. The van der Waals surface area contributed by atoms with Gasteiger partial charge in [0.1, 0.15) is 5.76 Å². The number of hydrogen-bond acceptors (Lipinski definition) is 4. The third-order valence-electron chi connectivity index (χ3n) is 3.37. The predicted octanol–water partition coefficient (Wildman–Crippen LogP) is 1.48. The molecule has 1 aliphatic rings. The van der Waals surface area contributed by atoms with Crippen LogP contribution in [0, 0.1) is 13.8 Å². The maximum Gasteiger partial charge on any atom is 0.208 e. The SMILES string of the molecule is CCN(Cc1nc(C)c(C)o1)C1CCNC1. The van der Waals surface area contributed by atoms with E-state index in [9.17, 15) is 0 Å². The van der Waals surface area contributed by atoms with Crippen LogP contribution in [0.5, 0.6) is 0 Å². The predicted molar refractivity (Wildman–Crippen MR) is 63.3 cm³/mol. The summed E-state index contributed by atoms with van der Waals surface area (Å²) in [6.07, 6.45) is 1.23. The van der Waals surface area contributed by atoms with Gasteiger partial charge in [-0.1, -0.05) is 6.92 Å². The van der Waals surface area contributed by atoms with E-state index < -0.39 is 0 Å². The van der Waals surface area contributed by atoms with Crippen molar-refractivity contribution in [3.8, 4) is 0 Å². The smallest absolute Gasteiger partial charge is 0.208 e. The van der Waals surface area contributed by atoms with Crippen molar-refractivity contribution >= 4 is 0 Å². The van der Waals surface area contributed by atoms with Crippen LogP contribution in [0.25, 0.3) is 0 Å². The zero-order chi connectivity index (χ0) is 11.5. The Labute approximate surface area is 97.0 Å². The highest BCUT2D eigenvalue weighted by Crippen LogP contribution is 2.15. The van der Waals surface area contributed by atoms with Crippen LogP contribution in [0.15, 0.2) is 4.42 Å². The maximum absolute atomic E-state index is 5.63. The number of aryl methyl sites for hydroxylation is 2. The fraction of sp³-hybridized carbons (Fsp3) is 0.750. The number of oxazole rings is 1. The molecular weight excluding hydrogens is 202 g/mol. The molecule has 1 aromatic heterocycles. The normalized spacial score (nSPS) is 20.9. The second kappa shape index (κ2) is 4.97. The fourth-order valence-electron chi connectivity index (χ4n) is 2.23. The van der Waals surface area contributed by atoms with Crippen LogP contribution in [0.4, 0.5) is 0 Å². The molecule has 4 nitrogen and oxygen atoms in total. The fourth-order valence-corrected chi connectivity index (χ4v) is 2.23. The van der Waals surface area contributed by atoms with Crippen molar-refractivity contribution in [1.29, 1.82) is 0 Å². The van der Waals surface area contributed by atoms with Crippen LogP contribution >= 0.6 is 0 Å². The van der Waals surface area contributed by atoms with Crippen LogP contribution < -0.4 is 5.32 Å². The molecule has 1 aliphatic heterocycles. The Hall–Kier alpha value is -0.870. The molecule has 0 amide bonds. The van der Waals surface area contributed by atoms with Gasteiger partial charge in [-0.05, 0) is 33.4 Å². The number of hydrogen-bond donors (Lipinski definition) is 1. The minimum Gasteiger partial charge on any atom is -0.444 e. The van der Waals surface area contributed by atoms with Crippen molar-refractivity contribution in [1.82, 2.24) is 15.2 Å². The molecule has 90 valence electrons. The lowest BCUT2D eigenvalue weighted by Crippen LogP contribution is -2.36. The molecule has 1 fully saturated rings. The van der Waals surface area contributed by atoms with Gasteiger partial charge in [-0.25, -0.2) is 4.98 Å². The lowest BCUT2D eigenvalue weighted by atomic mass is 10.2. The van der Waals surface area contributed by atoms with Crippen molar-refractivity contribution in [2.24, 2.45) is 0 Å². The minimum absolute atomic E-state index is 0.637. The van der Waals surface area contributed by atoms with Gasteiger partial charge < -0.3 is 9.73 Å². The van der Waals surface area contributed by atoms with Crippen LogP contribution in [-0.2, 0) is 6.54 Å². The molecule has 0 aliphatic carbocycles. The summed E-state index contributed by atoms with van der Waals surface area (Å²) in [7, 11) is 0. The molecule has 0 spiro atoms. The molecule has 0 radical (unpaired) electrons. The number of aromatic nitrogens is 1. The second-order valence-corrected chi connectivity index (χ2v) is 4.46. The molecule has 1 atom stereocenters. The monoisotopic (exact) mass is 223 g/mol. The molecule has 2 rings (SSSR count). The third kappa shape index (κ3) is 2.44. The van der Waals surface area contributed by atoms with Crippen LogP contribution in [0.3, 0.4) is 0 Å². The molecule has 2 heterocycles. The summed E-state index contributed by atoms with van der Waals surface area (Å²) < 4.78 is 5.63. The average Bonchev–Trinajstić information content (AvgIpc) is 2.86. The Morgan fingerprint density at radius 3 is 2.81 bits per heavy atom. The summed E-state index contributed by atoms with van der Waals surface area (Å²) in [6.45, 7) is 10.3. The molecule has 1 saturated heterocycles. The number of nitrogens with one attached hydrogen (secondary N) is 1. The van der Waals surface area contributed by atoms with Crippen molar-refractivity contribution in [3.63, 3.8) is 0 Å². The van der Waals surface area contributed by atoms with Crippen LogP contribution in [0.1, 0.15) is 30.7 Å². The largest absolute Gasteiger partial charge is 0.444 e. The maximum atomic E-state index is 5.63. The average molecular weight is 223 g/mol. The van der Waals surface area contributed by atoms with E-state index in [-0.39, 0.29) is 0 Å². The summed E-state index contributed by atoms with van der Waals surface area (Å²) in [6, 6.07) is 0.637. The molecule has 0 aromatic carbocycles. The van der Waals surface area contributed by atoms with E-state index in [2.05, 4.69) is 22.1 Å². The topological polar surface area (TPSA) is 41.3 Å². The molecule has 0 bridgehead atoms. The van der Waals surface area contributed by atoms with E-state index in [1.807, 2.05) is 13.8 Å². The number of likely N-dealkylation sites (N-methyl/N-ethyl adjacent to an activating group) is 1. The highest BCUT2D eigenvalue weighted by molar-refractivity contribution is 5.05. The van der Waals surface area contributed by atoms with Crippen molar-refractivity contribution in [2.45, 2.75) is 39.8 Å². The zero-order valence-corrected chi connectivity index (χ0v) is 10.4. The lowest BCUT2D eigenvalue weighted by Gasteiger charge is -2.25. The standard InChI is InChI=1S/C12H21N3O/c1-4-15(11-5-6-13-7-11)8-12-14-9(2)10(3)16-12/h11,13H,4-8H2,1-3H3. The van der Waals surface area contributed by atoms with Crippen molar-refractivity contribution in [3.05, 3.63) is 17.3 Å². The van der Waals surface area contributed by atoms with Gasteiger partial charge in [-0.2, -0.15) is 0 Å². The molecular formula is C12H21N3O. The van der Waals surface area contributed by atoms with Gasteiger partial charge >= 0.3 is 0 Å². The first-order valence-electron chi connectivity index (χ1n) is 6.08. The van der Waals surface area contributed by atoms with Crippen molar-refractivity contribution in [2.75, 3.05) is 19.6 Å². The zero-order valence-electron chi connectivity index (χ0n) is 10.4. The highest BCUT2D eigenvalue weighted by atomic mass is 16.4. The van der Waals surface area contributed by atoms with E-state index >= 15 is 0 Å². The van der Waals surface area contributed by atoms with Gasteiger partial charge in [0, 0.05) is 12.6 Å².